The zero-order chi connectivity index (χ0) is 19.8. The molecule has 0 aliphatic rings. The Bertz CT molecular complexity index is 925. The van der Waals surface area contributed by atoms with Crippen molar-refractivity contribution in [1.82, 2.24) is 25.4 Å². The van der Waals surface area contributed by atoms with Crippen LogP contribution in [0.15, 0.2) is 59.9 Å². The minimum absolute atomic E-state index is 0.212. The van der Waals surface area contributed by atoms with Gasteiger partial charge < -0.3 is 15.4 Å². The number of nitrogens with zero attached hydrogens (tertiary/aromatic N) is 4. The van der Waals surface area contributed by atoms with E-state index in [1.165, 1.54) is 12.4 Å². The number of halogens is 1. The Kier molecular flexibility index (Phi) is 6.56. The lowest BCUT2D eigenvalue weighted by Gasteiger charge is -2.12. The number of ether oxygens (including phenoxy) is 1. The third-order valence-electron chi connectivity index (χ3n) is 4.12. The number of hydrogen-bond acceptors (Lipinski definition) is 4. The summed E-state index contributed by atoms with van der Waals surface area (Å²) in [7, 11) is 3.53. The largest absolute Gasteiger partial charge is 0.454 e. The third kappa shape index (κ3) is 5.29. The molecule has 0 amide bonds. The fourth-order valence-corrected chi connectivity index (χ4v) is 2.59. The van der Waals surface area contributed by atoms with Gasteiger partial charge in [0, 0.05) is 20.6 Å². The van der Waals surface area contributed by atoms with Gasteiger partial charge in [0.2, 0.25) is 0 Å². The highest BCUT2D eigenvalue weighted by Crippen LogP contribution is 2.24. The van der Waals surface area contributed by atoms with Crippen LogP contribution in [0.2, 0.25) is 0 Å². The maximum atomic E-state index is 14.3. The van der Waals surface area contributed by atoms with Gasteiger partial charge in [-0.2, -0.15) is 5.10 Å². The first-order valence-corrected chi connectivity index (χ1v) is 8.94. The lowest BCUT2D eigenvalue weighted by Crippen LogP contribution is -2.38. The maximum absolute atomic E-state index is 14.3. The molecule has 7 nitrogen and oxygen atoms in total. The average Bonchev–Trinajstić information content (AvgIpc) is 3.12. The van der Waals surface area contributed by atoms with E-state index in [0.29, 0.717) is 31.2 Å². The first-order chi connectivity index (χ1) is 13.7. The zero-order valence-electron chi connectivity index (χ0n) is 15.9. The number of nitrogens with one attached hydrogen (secondary N) is 2. The smallest absolute Gasteiger partial charge is 0.191 e. The minimum atomic E-state index is -0.383. The van der Waals surface area contributed by atoms with Gasteiger partial charge in [-0.1, -0.05) is 24.3 Å². The topological polar surface area (TPSA) is 76.4 Å². The maximum Gasteiger partial charge on any atom is 0.191 e. The Labute approximate surface area is 163 Å². The zero-order valence-corrected chi connectivity index (χ0v) is 15.9. The molecule has 0 radical (unpaired) electrons. The van der Waals surface area contributed by atoms with Crippen molar-refractivity contribution >= 4 is 5.96 Å². The number of benzene rings is 2. The Balaban J connectivity index is 1.48. The lowest BCUT2D eigenvalue weighted by atomic mass is 10.1. The van der Waals surface area contributed by atoms with E-state index in [9.17, 15) is 4.39 Å². The summed E-state index contributed by atoms with van der Waals surface area (Å²) in [5.74, 6) is 1.88. The molecule has 0 atom stereocenters. The molecule has 3 aromatic rings. The summed E-state index contributed by atoms with van der Waals surface area (Å²) in [4.78, 5) is 8.32. The van der Waals surface area contributed by atoms with Crippen molar-refractivity contribution in [3.63, 3.8) is 0 Å². The normalized spacial score (nSPS) is 11.3. The second-order valence-corrected chi connectivity index (χ2v) is 6.08. The van der Waals surface area contributed by atoms with Crippen LogP contribution in [0.25, 0.3) is 0 Å². The first-order valence-electron chi connectivity index (χ1n) is 8.94. The van der Waals surface area contributed by atoms with Crippen LogP contribution in [0.4, 0.5) is 4.39 Å². The highest BCUT2D eigenvalue weighted by atomic mass is 19.1. The van der Waals surface area contributed by atoms with Crippen LogP contribution in [-0.4, -0.2) is 34.3 Å². The summed E-state index contributed by atoms with van der Waals surface area (Å²) in [6.07, 6.45) is 2.15. The monoisotopic (exact) mass is 382 g/mol. The molecular formula is C20H23FN6O. The van der Waals surface area contributed by atoms with E-state index in [2.05, 4.69) is 25.7 Å². The molecule has 1 heterocycles. The molecule has 0 aliphatic heterocycles. The summed E-state index contributed by atoms with van der Waals surface area (Å²) in [6, 6.07) is 14.2. The van der Waals surface area contributed by atoms with Crippen molar-refractivity contribution in [3.05, 3.63) is 72.1 Å². The molecule has 3 rings (SSSR count). The van der Waals surface area contributed by atoms with Gasteiger partial charge in [0.05, 0.1) is 6.54 Å². The molecule has 0 saturated heterocycles. The Morgan fingerprint density at radius 1 is 1.18 bits per heavy atom. The summed E-state index contributed by atoms with van der Waals surface area (Å²) >= 11 is 0. The number of aromatic nitrogens is 3. The fraction of sp³-hybridized carbons (Fsp3) is 0.250. The number of guanidine groups is 1. The number of para-hydroxylation sites is 1. The highest BCUT2D eigenvalue weighted by molar-refractivity contribution is 5.79. The van der Waals surface area contributed by atoms with Gasteiger partial charge >= 0.3 is 0 Å². The van der Waals surface area contributed by atoms with Crippen molar-refractivity contribution in [1.29, 1.82) is 0 Å². The molecule has 8 heteroatoms. The van der Waals surface area contributed by atoms with Crippen LogP contribution < -0.4 is 15.4 Å². The molecule has 0 aliphatic carbocycles. The Morgan fingerprint density at radius 3 is 2.68 bits per heavy atom. The molecule has 2 N–H and O–H groups in total. The van der Waals surface area contributed by atoms with Crippen LogP contribution in [0.3, 0.4) is 0 Å². The number of rotatable bonds is 7. The van der Waals surface area contributed by atoms with E-state index in [0.717, 1.165) is 11.4 Å². The molecular weight excluding hydrogens is 359 g/mol. The molecule has 0 bridgehead atoms. The highest BCUT2D eigenvalue weighted by Gasteiger charge is 2.07. The summed E-state index contributed by atoms with van der Waals surface area (Å²) in [6.45, 7) is 1.12. The molecule has 28 heavy (non-hydrogen) atoms. The lowest BCUT2D eigenvalue weighted by molar-refractivity contribution is 0.441. The Hall–Kier alpha value is -3.42. The van der Waals surface area contributed by atoms with E-state index in [1.54, 1.807) is 29.9 Å². The Morgan fingerprint density at radius 2 is 2.00 bits per heavy atom. The fourth-order valence-electron chi connectivity index (χ4n) is 2.59. The summed E-state index contributed by atoms with van der Waals surface area (Å²) < 4.78 is 21.6. The molecule has 0 saturated carbocycles. The second kappa shape index (κ2) is 9.50. The van der Waals surface area contributed by atoms with Crippen LogP contribution >= 0.6 is 0 Å². The predicted octanol–water partition coefficient (Wildman–Crippen LogP) is 2.65. The predicted molar refractivity (Wildman–Crippen MR) is 106 cm³/mol. The van der Waals surface area contributed by atoms with Gasteiger partial charge in [0.25, 0.3) is 0 Å². The van der Waals surface area contributed by atoms with Crippen LogP contribution in [-0.2, 0) is 20.0 Å². The summed E-state index contributed by atoms with van der Waals surface area (Å²) in [5, 5.41) is 10.4. The van der Waals surface area contributed by atoms with E-state index in [4.69, 9.17) is 4.74 Å². The van der Waals surface area contributed by atoms with E-state index in [-0.39, 0.29) is 11.6 Å². The number of aliphatic imine (C=N–C) groups is 1. The van der Waals surface area contributed by atoms with E-state index < -0.39 is 0 Å². The van der Waals surface area contributed by atoms with Gasteiger partial charge in [0.15, 0.2) is 17.5 Å². The van der Waals surface area contributed by atoms with Gasteiger partial charge in [-0.3, -0.25) is 9.67 Å². The van der Waals surface area contributed by atoms with Gasteiger partial charge in [-0.15, -0.1) is 0 Å². The molecule has 0 fully saturated rings. The first kappa shape index (κ1) is 19.3. The quantitative estimate of drug-likeness (QED) is 0.485. The number of aryl methyl sites for hydroxylation is 1. The van der Waals surface area contributed by atoms with E-state index >= 15 is 0 Å². The molecule has 0 unspecified atom stereocenters. The van der Waals surface area contributed by atoms with Crippen LogP contribution in [0.5, 0.6) is 11.5 Å². The van der Waals surface area contributed by atoms with Gasteiger partial charge in [-0.25, -0.2) is 9.37 Å². The van der Waals surface area contributed by atoms with Crippen molar-refractivity contribution < 1.29 is 9.13 Å². The van der Waals surface area contributed by atoms with Crippen molar-refractivity contribution in [2.45, 2.75) is 13.0 Å². The second-order valence-electron chi connectivity index (χ2n) is 6.08. The summed E-state index contributed by atoms with van der Waals surface area (Å²) in [5.41, 5.74) is 0.870. The third-order valence-corrected chi connectivity index (χ3v) is 4.12. The molecule has 1 aromatic heterocycles. The van der Waals surface area contributed by atoms with E-state index in [1.807, 2.05) is 31.3 Å². The van der Waals surface area contributed by atoms with Gasteiger partial charge in [-0.05, 0) is 36.2 Å². The van der Waals surface area contributed by atoms with Crippen LogP contribution in [0, 0.1) is 5.82 Å². The van der Waals surface area contributed by atoms with Crippen LogP contribution in [0.1, 0.15) is 11.4 Å². The molecule has 0 spiro atoms. The molecule has 2 aromatic carbocycles. The van der Waals surface area contributed by atoms with Crippen molar-refractivity contribution in [3.8, 4) is 11.5 Å². The molecule has 146 valence electrons. The number of hydrogen-bond donors (Lipinski definition) is 2. The van der Waals surface area contributed by atoms with Gasteiger partial charge in [0.1, 0.15) is 17.9 Å². The SMILES string of the molecule is CN=C(NCCc1ccc(Oc2ccccc2)c(F)c1)NCc1ncnn1C. The average molecular weight is 382 g/mol. The minimum Gasteiger partial charge on any atom is -0.454 e. The standard InChI is InChI=1S/C20H23FN6O/c1-22-20(24-13-19-25-14-26-27(19)2)23-11-10-15-8-9-18(17(21)12-15)28-16-6-4-3-5-7-16/h3-9,12,14H,10-11,13H2,1-2H3,(H2,22,23,24). The van der Waals surface area contributed by atoms with Crippen molar-refractivity contribution in [2.75, 3.05) is 13.6 Å². The van der Waals surface area contributed by atoms with Crippen molar-refractivity contribution in [2.24, 2.45) is 12.0 Å².